The number of benzene rings is 1. The number of amides is 1. The van der Waals surface area contributed by atoms with Crippen molar-refractivity contribution in [1.82, 2.24) is 10.4 Å². The van der Waals surface area contributed by atoms with Gasteiger partial charge in [0.2, 0.25) is 5.78 Å². The highest BCUT2D eigenvalue weighted by Gasteiger charge is 2.63. The van der Waals surface area contributed by atoms with Crippen LogP contribution in [0.15, 0.2) is 22.7 Å². The fourth-order valence-corrected chi connectivity index (χ4v) is 6.09. The molecular weight excluding hydrogens is 465 g/mol. The molecule has 0 fully saturated rings. The number of fused-ring (bicyclic) bond motifs is 4. The molecule has 35 heavy (non-hydrogen) atoms. The van der Waals surface area contributed by atoms with Gasteiger partial charge >= 0.3 is 0 Å². The molecule has 12 heteroatoms. The summed E-state index contributed by atoms with van der Waals surface area (Å²) in [4.78, 5) is 38.7. The highest BCUT2D eigenvalue weighted by molar-refractivity contribution is 6.24. The van der Waals surface area contributed by atoms with Gasteiger partial charge in [-0.25, -0.2) is 4.39 Å². The molecule has 3 aliphatic carbocycles. The van der Waals surface area contributed by atoms with E-state index in [0.29, 0.717) is 0 Å². The molecule has 4 aliphatic rings. The van der Waals surface area contributed by atoms with Crippen LogP contribution in [0.2, 0.25) is 0 Å². The topological polar surface area (TPSA) is 194 Å². The maximum absolute atomic E-state index is 15.4. The lowest BCUT2D eigenvalue weighted by Crippen LogP contribution is -2.64. The smallest absolute Gasteiger partial charge is 0.255 e. The molecule has 0 saturated heterocycles. The lowest BCUT2D eigenvalue weighted by atomic mass is 9.58. The molecule has 0 spiro atoms. The highest BCUT2D eigenvalue weighted by Crippen LogP contribution is 2.52. The number of hydroxylamine groups is 2. The lowest BCUT2D eigenvalue weighted by molar-refractivity contribution is -0.146. The van der Waals surface area contributed by atoms with Crippen molar-refractivity contribution in [2.24, 2.45) is 17.6 Å². The van der Waals surface area contributed by atoms with Crippen LogP contribution >= 0.6 is 0 Å². The third kappa shape index (κ3) is 2.88. The van der Waals surface area contributed by atoms with E-state index < -0.39 is 75.2 Å². The van der Waals surface area contributed by atoms with Crippen molar-refractivity contribution in [3.63, 3.8) is 0 Å². The monoisotopic (exact) mass is 489 g/mol. The number of aromatic hydroxyl groups is 1. The molecule has 8 N–H and O–H groups in total. The maximum Gasteiger partial charge on any atom is 0.255 e. The Bertz CT molecular complexity index is 1290. The number of nitrogens with zero attached hydrogens (tertiary/aromatic N) is 1. The number of halogens is 1. The summed E-state index contributed by atoms with van der Waals surface area (Å²) in [6.45, 7) is 1.54. The average molecular weight is 489 g/mol. The summed E-state index contributed by atoms with van der Waals surface area (Å²) in [5.41, 5.74) is 0.853. The lowest BCUT2D eigenvalue weighted by Gasteiger charge is -2.48. The quantitative estimate of drug-likeness (QED) is 0.284. The van der Waals surface area contributed by atoms with Crippen LogP contribution in [0.4, 0.5) is 4.39 Å². The maximum atomic E-state index is 15.4. The van der Waals surface area contributed by atoms with Crippen LogP contribution < -0.4 is 11.1 Å². The van der Waals surface area contributed by atoms with Crippen LogP contribution in [-0.2, 0) is 29.1 Å². The number of Topliss-reactive ketones (excluding diaryl/α,β-unsaturated/α-hetero) is 2. The van der Waals surface area contributed by atoms with Gasteiger partial charge in [-0.3, -0.25) is 14.4 Å². The predicted octanol–water partition coefficient (Wildman–Crippen LogP) is 0.0124. The summed E-state index contributed by atoms with van der Waals surface area (Å²) in [7, 11) is 0. The van der Waals surface area contributed by atoms with Crippen LogP contribution in [0.5, 0.6) is 5.75 Å². The van der Waals surface area contributed by atoms with Gasteiger partial charge in [0, 0.05) is 28.2 Å². The summed E-state index contributed by atoms with van der Waals surface area (Å²) in [6.07, 6.45) is -0.282. The van der Waals surface area contributed by atoms with E-state index in [9.17, 15) is 40.0 Å². The number of hydrogen-bond donors (Lipinski definition) is 7. The second-order valence-corrected chi connectivity index (χ2v) is 9.39. The molecule has 0 unspecified atom stereocenters. The van der Waals surface area contributed by atoms with E-state index in [-0.39, 0.29) is 54.7 Å². The van der Waals surface area contributed by atoms with Crippen LogP contribution in [0.1, 0.15) is 40.4 Å². The summed E-state index contributed by atoms with van der Waals surface area (Å²) in [5.74, 6) is -8.68. The SMILES string of the molecule is CCN[C@@H]1C(O)=C(C(N)=O)C(=O)[C@@]2(O)C(O)=C3C(=O)c4c(O)c5c(c(F)c4C[C@H]3C[C@@H]12)CN(O)C5. The molecule has 11 nitrogen and oxygen atoms in total. The number of carbonyl (C=O) groups excluding carboxylic acids is 3. The molecule has 0 bridgehead atoms. The van der Waals surface area contributed by atoms with Crippen molar-refractivity contribution >= 4 is 17.5 Å². The van der Waals surface area contributed by atoms with Crippen LogP contribution in [0, 0.1) is 17.7 Å². The zero-order valence-corrected chi connectivity index (χ0v) is 18.6. The number of carbonyl (C=O) groups is 3. The molecule has 5 rings (SSSR count). The number of likely N-dealkylation sites (N-methyl/N-ethyl adjacent to an activating group) is 1. The number of phenols is 1. The molecule has 1 aromatic carbocycles. The van der Waals surface area contributed by atoms with E-state index in [1.807, 2.05) is 0 Å². The van der Waals surface area contributed by atoms with Crippen molar-refractivity contribution in [3.05, 3.63) is 50.7 Å². The Morgan fingerprint density at radius 3 is 2.49 bits per heavy atom. The fraction of sp³-hybridized carbons (Fsp3) is 0.435. The number of nitrogens with two attached hydrogens (primary N) is 1. The zero-order valence-electron chi connectivity index (χ0n) is 18.6. The first-order valence-electron chi connectivity index (χ1n) is 11.2. The largest absolute Gasteiger partial charge is 0.510 e. The molecule has 1 heterocycles. The van der Waals surface area contributed by atoms with Crippen LogP contribution in [0.25, 0.3) is 0 Å². The number of phenolic OH excluding ortho intramolecular Hbond substituents is 1. The standard InChI is InChI=1S/C23H24FN3O8/c1-2-26-16-11-4-7-3-8-13(17(28)10-6-27(35)5-9(10)15(8)24)18(29)12(7)20(31)23(11,34)21(32)14(19(16)30)22(25)33/h7,11,16,26,28,30-31,34-35H,2-6H2,1H3,(H2,25,33)/t7-,11-,16-,23-/m0/s1. The van der Waals surface area contributed by atoms with Crippen molar-refractivity contribution in [2.75, 3.05) is 6.54 Å². The van der Waals surface area contributed by atoms with Gasteiger partial charge in [-0.05, 0) is 25.3 Å². The average Bonchev–Trinajstić information content (AvgIpc) is 3.19. The second kappa shape index (κ2) is 7.59. The third-order valence-corrected chi connectivity index (χ3v) is 7.62. The Morgan fingerprint density at radius 1 is 1.20 bits per heavy atom. The van der Waals surface area contributed by atoms with Gasteiger partial charge in [-0.15, -0.1) is 0 Å². The minimum atomic E-state index is -2.75. The van der Waals surface area contributed by atoms with Gasteiger partial charge in [-0.1, -0.05) is 6.92 Å². The van der Waals surface area contributed by atoms with Crippen molar-refractivity contribution in [3.8, 4) is 5.75 Å². The van der Waals surface area contributed by atoms with E-state index in [0.717, 1.165) is 5.06 Å². The molecule has 0 saturated carbocycles. The first-order chi connectivity index (χ1) is 16.4. The van der Waals surface area contributed by atoms with Crippen molar-refractivity contribution in [1.29, 1.82) is 0 Å². The Balaban J connectivity index is 1.72. The van der Waals surface area contributed by atoms with Gasteiger partial charge in [-0.2, -0.15) is 5.06 Å². The van der Waals surface area contributed by atoms with Crippen LogP contribution in [-0.4, -0.2) is 66.4 Å². The number of nitrogens with one attached hydrogen (secondary N) is 1. The Morgan fingerprint density at radius 2 is 1.86 bits per heavy atom. The number of ketones is 2. The number of aliphatic hydroxyl groups excluding tert-OH is 2. The number of aliphatic hydroxyl groups is 3. The number of rotatable bonds is 3. The van der Waals surface area contributed by atoms with E-state index in [4.69, 9.17) is 5.73 Å². The summed E-state index contributed by atoms with van der Waals surface area (Å²) in [6, 6.07) is -1.16. The van der Waals surface area contributed by atoms with E-state index in [1.54, 1.807) is 6.92 Å². The Kier molecular flexibility index (Phi) is 5.08. The van der Waals surface area contributed by atoms with E-state index in [2.05, 4.69) is 5.32 Å². The normalized spacial score (nSPS) is 30.2. The molecule has 4 atom stereocenters. The number of allylic oxidation sites excluding steroid dienone is 1. The third-order valence-electron chi connectivity index (χ3n) is 7.62. The molecule has 1 amide bonds. The van der Waals surface area contributed by atoms with E-state index in [1.165, 1.54) is 0 Å². The second-order valence-electron chi connectivity index (χ2n) is 9.39. The zero-order chi connectivity index (χ0) is 25.6. The first-order valence-corrected chi connectivity index (χ1v) is 11.2. The Hall–Kier alpha value is -3.32. The Labute approximate surface area is 197 Å². The van der Waals surface area contributed by atoms with Crippen molar-refractivity contribution in [2.45, 2.75) is 44.5 Å². The minimum Gasteiger partial charge on any atom is -0.510 e. The highest BCUT2D eigenvalue weighted by atomic mass is 19.1. The molecule has 1 aromatic rings. The molecule has 186 valence electrons. The van der Waals surface area contributed by atoms with Crippen molar-refractivity contribution < 1.29 is 44.4 Å². The molecule has 0 aromatic heterocycles. The van der Waals surface area contributed by atoms with Gasteiger partial charge in [0.1, 0.15) is 28.7 Å². The van der Waals surface area contributed by atoms with Gasteiger partial charge < -0.3 is 36.7 Å². The van der Waals surface area contributed by atoms with E-state index >= 15 is 4.39 Å². The summed E-state index contributed by atoms with van der Waals surface area (Å²) in [5, 5.41) is 57.6. The molecule has 0 radical (unpaired) electrons. The minimum absolute atomic E-state index is 0.0351. The molecule has 1 aliphatic heterocycles. The van der Waals surface area contributed by atoms with Gasteiger partial charge in [0.05, 0.1) is 24.7 Å². The first kappa shape index (κ1) is 23.4. The fourth-order valence-electron chi connectivity index (χ4n) is 6.09. The number of primary amides is 1. The predicted molar refractivity (Wildman–Crippen MR) is 115 cm³/mol. The molecular formula is C23H24FN3O8. The van der Waals surface area contributed by atoms with Crippen LogP contribution in [0.3, 0.4) is 0 Å². The van der Waals surface area contributed by atoms with Gasteiger partial charge in [0.25, 0.3) is 5.91 Å². The summed E-state index contributed by atoms with van der Waals surface area (Å²) < 4.78 is 15.4. The summed E-state index contributed by atoms with van der Waals surface area (Å²) >= 11 is 0. The number of hydrogen-bond acceptors (Lipinski definition) is 10. The van der Waals surface area contributed by atoms with Gasteiger partial charge in [0.15, 0.2) is 11.4 Å².